The molecule has 0 radical (unpaired) electrons. The fourth-order valence-corrected chi connectivity index (χ4v) is 5.06. The summed E-state index contributed by atoms with van der Waals surface area (Å²) in [6.45, 7) is 6.26. The number of amides is 1. The van der Waals surface area contributed by atoms with Crippen molar-refractivity contribution in [3.05, 3.63) is 101 Å². The van der Waals surface area contributed by atoms with Gasteiger partial charge in [0.25, 0.3) is 5.91 Å². The summed E-state index contributed by atoms with van der Waals surface area (Å²) in [6, 6.07) is 24.1. The van der Waals surface area contributed by atoms with Crippen LogP contribution in [0.5, 0.6) is 5.75 Å². The molecule has 3 aromatic carbocycles. The normalized spacial score (nSPS) is 17.8. The maximum Gasteiger partial charge on any atom is 0.306 e. The summed E-state index contributed by atoms with van der Waals surface area (Å²) >= 11 is 6.30. The number of benzene rings is 3. The van der Waals surface area contributed by atoms with E-state index in [4.69, 9.17) is 35.9 Å². The van der Waals surface area contributed by atoms with Gasteiger partial charge < -0.3 is 19.3 Å². The van der Waals surface area contributed by atoms with E-state index >= 15 is 0 Å². The fourth-order valence-electron chi connectivity index (χ4n) is 4.83. The predicted octanol–water partition coefficient (Wildman–Crippen LogP) is 5.34. The number of carbonyl (C=O) groups is 2. The fraction of sp³-hybridized carbons (Fsp3) is 0.382. The molecule has 0 spiro atoms. The molecular formula is C34H40ClN3O6. The third kappa shape index (κ3) is 8.81. The van der Waals surface area contributed by atoms with Crippen molar-refractivity contribution in [3.8, 4) is 5.75 Å². The average molecular weight is 622 g/mol. The highest BCUT2D eigenvalue weighted by atomic mass is 35.5. The number of hydrazine groups is 1. The number of hydrogen-bond donors (Lipinski definition) is 3. The van der Waals surface area contributed by atoms with Crippen LogP contribution in [0.3, 0.4) is 0 Å². The second-order valence-corrected chi connectivity index (χ2v) is 11.9. The van der Waals surface area contributed by atoms with Gasteiger partial charge in [0.2, 0.25) is 5.90 Å². The van der Waals surface area contributed by atoms with Crippen LogP contribution in [-0.2, 0) is 25.5 Å². The Kier molecular flexibility index (Phi) is 11.4. The summed E-state index contributed by atoms with van der Waals surface area (Å²) < 4.78 is 17.7. The van der Waals surface area contributed by atoms with Gasteiger partial charge in [-0.25, -0.2) is 10.4 Å². The molecule has 0 aromatic heterocycles. The molecule has 1 heterocycles. The van der Waals surface area contributed by atoms with Gasteiger partial charge in [-0.3, -0.25) is 15.0 Å². The monoisotopic (exact) mass is 621 g/mol. The second-order valence-electron chi connectivity index (χ2n) is 11.5. The molecule has 0 saturated carbocycles. The summed E-state index contributed by atoms with van der Waals surface area (Å²) in [5.74, 6) is 0.0393. The van der Waals surface area contributed by atoms with Crippen molar-refractivity contribution < 1.29 is 28.9 Å². The zero-order valence-corrected chi connectivity index (χ0v) is 26.1. The summed E-state index contributed by atoms with van der Waals surface area (Å²) in [7, 11) is 0. The Morgan fingerprint density at radius 1 is 1.02 bits per heavy atom. The Hall–Kier alpha value is -3.92. The average Bonchev–Trinajstić information content (AvgIpc) is 3.40. The highest BCUT2D eigenvalue weighted by molar-refractivity contribution is 6.31. The lowest BCUT2D eigenvalue weighted by molar-refractivity contribution is -0.155. The molecule has 0 fully saturated rings. The van der Waals surface area contributed by atoms with E-state index in [1.54, 1.807) is 45.0 Å². The minimum Gasteiger partial charge on any atom is -0.494 e. The van der Waals surface area contributed by atoms with E-state index < -0.39 is 29.1 Å². The minimum atomic E-state index is -1.48. The van der Waals surface area contributed by atoms with Crippen molar-refractivity contribution in [2.45, 2.75) is 63.7 Å². The first-order chi connectivity index (χ1) is 21.1. The molecule has 0 bridgehead atoms. The summed E-state index contributed by atoms with van der Waals surface area (Å²) in [5.41, 5.74) is 6.02. The Labute approximate surface area is 263 Å². The number of aliphatic hydroxyl groups excluding tert-OH is 1. The smallest absolute Gasteiger partial charge is 0.306 e. The van der Waals surface area contributed by atoms with Crippen LogP contribution in [0.2, 0.25) is 5.02 Å². The van der Waals surface area contributed by atoms with Gasteiger partial charge in [0, 0.05) is 36.6 Å². The SMILES string of the molecule is CC(C)(C)OC(=O)CC[C@]1(C(=O)NNCCc2ccccc2Cl)N=C(c2ccc(OCCCO)cc2)O[C@H]1c1ccccc1. The molecule has 9 nitrogen and oxygen atoms in total. The second kappa shape index (κ2) is 15.2. The van der Waals surface area contributed by atoms with E-state index in [2.05, 4.69) is 10.9 Å². The number of ether oxygens (including phenoxy) is 3. The van der Waals surface area contributed by atoms with E-state index in [0.717, 1.165) is 11.1 Å². The lowest BCUT2D eigenvalue weighted by Crippen LogP contribution is -2.53. The van der Waals surface area contributed by atoms with Gasteiger partial charge in [0.15, 0.2) is 11.6 Å². The third-order valence-corrected chi connectivity index (χ3v) is 7.31. The number of nitrogens with zero attached hydrogens (tertiary/aromatic N) is 1. The van der Waals surface area contributed by atoms with Gasteiger partial charge in [-0.05, 0) is 75.1 Å². The Balaban J connectivity index is 1.62. The molecular weight excluding hydrogens is 582 g/mol. The highest BCUT2D eigenvalue weighted by Gasteiger charge is 2.53. The molecule has 44 heavy (non-hydrogen) atoms. The standard InChI is InChI=1S/C34H40ClN3O6/c1-33(2,3)44-29(40)18-20-34(32(41)38-36-21-19-24-10-7-8-13-28(24)35)30(25-11-5-4-6-12-25)43-31(37-34)26-14-16-27(17-15-26)42-23-9-22-39/h4-8,10-17,30,36,39H,9,18-23H2,1-3H3,(H,38,41)/t30-,34-/m0/s1. The van der Waals surface area contributed by atoms with E-state index in [9.17, 15) is 9.59 Å². The first kappa shape index (κ1) is 33.0. The zero-order chi connectivity index (χ0) is 31.6. The van der Waals surface area contributed by atoms with Crippen molar-refractivity contribution in [1.82, 2.24) is 10.9 Å². The van der Waals surface area contributed by atoms with Gasteiger partial charge in [-0.1, -0.05) is 60.1 Å². The van der Waals surface area contributed by atoms with Crippen molar-refractivity contribution in [2.75, 3.05) is 19.8 Å². The van der Waals surface area contributed by atoms with Crippen LogP contribution in [0.25, 0.3) is 0 Å². The largest absolute Gasteiger partial charge is 0.494 e. The van der Waals surface area contributed by atoms with Crippen LogP contribution in [0.1, 0.15) is 62.8 Å². The molecule has 0 saturated heterocycles. The summed E-state index contributed by atoms with van der Waals surface area (Å²) in [6.07, 6.45) is 0.298. The van der Waals surface area contributed by atoms with Crippen molar-refractivity contribution in [2.24, 2.45) is 4.99 Å². The summed E-state index contributed by atoms with van der Waals surface area (Å²) in [4.78, 5) is 31.9. The molecule has 1 amide bonds. The van der Waals surface area contributed by atoms with E-state index in [-0.39, 0.29) is 25.3 Å². The molecule has 1 aliphatic rings. The van der Waals surface area contributed by atoms with Gasteiger partial charge in [0.05, 0.1) is 6.61 Å². The first-order valence-corrected chi connectivity index (χ1v) is 15.1. The van der Waals surface area contributed by atoms with E-state index in [1.807, 2.05) is 54.6 Å². The van der Waals surface area contributed by atoms with Crippen LogP contribution in [0.15, 0.2) is 83.9 Å². The zero-order valence-electron chi connectivity index (χ0n) is 25.3. The van der Waals surface area contributed by atoms with E-state index in [1.165, 1.54) is 0 Å². The number of aliphatic imine (C=N–C) groups is 1. The van der Waals surface area contributed by atoms with Crippen LogP contribution < -0.4 is 15.6 Å². The molecule has 10 heteroatoms. The van der Waals surface area contributed by atoms with Crippen LogP contribution >= 0.6 is 11.6 Å². The Morgan fingerprint density at radius 2 is 1.73 bits per heavy atom. The number of aliphatic hydroxyl groups is 1. The number of rotatable bonds is 14. The molecule has 234 valence electrons. The predicted molar refractivity (Wildman–Crippen MR) is 170 cm³/mol. The number of carbonyl (C=O) groups excluding carboxylic acids is 2. The molecule has 4 rings (SSSR count). The maximum absolute atomic E-state index is 14.1. The van der Waals surface area contributed by atoms with Crippen molar-refractivity contribution >= 4 is 29.4 Å². The quantitative estimate of drug-likeness (QED) is 0.126. The van der Waals surface area contributed by atoms with E-state index in [0.29, 0.717) is 42.3 Å². The molecule has 3 N–H and O–H groups in total. The lowest BCUT2D eigenvalue weighted by Gasteiger charge is -2.31. The molecule has 0 unspecified atom stereocenters. The van der Waals surface area contributed by atoms with Crippen LogP contribution in [0.4, 0.5) is 0 Å². The first-order valence-electron chi connectivity index (χ1n) is 14.8. The summed E-state index contributed by atoms with van der Waals surface area (Å²) in [5, 5.41) is 9.68. The number of nitrogens with one attached hydrogen (secondary N) is 2. The number of halogens is 1. The van der Waals surface area contributed by atoms with Crippen LogP contribution in [-0.4, -0.2) is 53.8 Å². The lowest BCUT2D eigenvalue weighted by atomic mass is 9.83. The maximum atomic E-state index is 14.1. The van der Waals surface area contributed by atoms with Gasteiger partial charge in [-0.2, -0.15) is 0 Å². The number of hydrogen-bond acceptors (Lipinski definition) is 8. The van der Waals surface area contributed by atoms with Gasteiger partial charge in [-0.15, -0.1) is 0 Å². The third-order valence-electron chi connectivity index (χ3n) is 6.94. The Morgan fingerprint density at radius 3 is 2.41 bits per heavy atom. The highest BCUT2D eigenvalue weighted by Crippen LogP contribution is 2.43. The van der Waals surface area contributed by atoms with Crippen LogP contribution in [0, 0.1) is 0 Å². The molecule has 3 aromatic rings. The van der Waals surface area contributed by atoms with Crippen molar-refractivity contribution in [3.63, 3.8) is 0 Å². The van der Waals surface area contributed by atoms with Gasteiger partial charge >= 0.3 is 5.97 Å². The molecule has 0 aliphatic carbocycles. The molecule has 2 atom stereocenters. The number of esters is 1. The molecule has 1 aliphatic heterocycles. The minimum absolute atomic E-state index is 0.0470. The van der Waals surface area contributed by atoms with Gasteiger partial charge in [0.1, 0.15) is 11.4 Å². The Bertz CT molecular complexity index is 1420. The topological polar surface area (TPSA) is 118 Å². The van der Waals surface area contributed by atoms with Crippen molar-refractivity contribution in [1.29, 1.82) is 0 Å².